The lowest BCUT2D eigenvalue weighted by Gasteiger charge is -2.55. The van der Waals surface area contributed by atoms with Crippen LogP contribution in [0, 0.1) is 55.2 Å². The minimum Gasteiger partial charge on any atom is -0.463 e. The topological polar surface area (TPSA) is 187 Å². The van der Waals surface area contributed by atoms with Crippen molar-refractivity contribution in [2.45, 2.75) is 20.8 Å². The van der Waals surface area contributed by atoms with E-state index in [1.165, 1.54) is 43.3 Å². The van der Waals surface area contributed by atoms with Crippen molar-refractivity contribution >= 4 is 52.3 Å². The van der Waals surface area contributed by atoms with Gasteiger partial charge in [-0.15, -0.1) is 0 Å². The number of rotatable bonds is 6. The zero-order valence-corrected chi connectivity index (χ0v) is 23.1. The number of hydrogen-bond acceptors (Lipinski definition) is 10. The van der Waals surface area contributed by atoms with Crippen LogP contribution in [0.15, 0.2) is 59.7 Å². The third-order valence-electron chi connectivity index (χ3n) is 9.32. The number of allylic oxidation sites excluding steroid dienone is 1. The maximum atomic E-state index is 14.2. The molecule has 7 rings (SSSR count). The number of nitro groups is 2. The van der Waals surface area contributed by atoms with Crippen molar-refractivity contribution in [3.05, 3.63) is 79.9 Å². The highest BCUT2D eigenvalue weighted by molar-refractivity contribution is 6.28. The maximum absolute atomic E-state index is 14.2. The fraction of sp³-hybridized carbons (Fsp3) is 0.345. The Labute approximate surface area is 243 Å². The van der Waals surface area contributed by atoms with E-state index >= 15 is 0 Å². The summed E-state index contributed by atoms with van der Waals surface area (Å²) in [5, 5.41) is 23.6. The van der Waals surface area contributed by atoms with E-state index in [4.69, 9.17) is 4.74 Å². The Balaban J connectivity index is 1.57. The van der Waals surface area contributed by atoms with Crippen molar-refractivity contribution in [2.75, 3.05) is 16.4 Å². The van der Waals surface area contributed by atoms with Crippen molar-refractivity contribution in [1.82, 2.24) is 0 Å². The van der Waals surface area contributed by atoms with Crippen LogP contribution in [0.5, 0.6) is 0 Å². The van der Waals surface area contributed by atoms with Crippen LogP contribution >= 0.6 is 0 Å². The molecule has 4 atom stereocenters. The number of amides is 4. The Morgan fingerprint density at radius 1 is 0.791 bits per heavy atom. The van der Waals surface area contributed by atoms with Gasteiger partial charge in [-0.1, -0.05) is 36.8 Å². The molecule has 14 heteroatoms. The molecule has 4 amide bonds. The quantitative estimate of drug-likeness (QED) is 0.210. The molecular formula is C29H24N4O10. The average molecular weight is 589 g/mol. The fourth-order valence-electron chi connectivity index (χ4n) is 7.90. The number of nitro benzene ring substituents is 2. The third-order valence-corrected chi connectivity index (χ3v) is 9.32. The lowest BCUT2D eigenvalue weighted by atomic mass is 9.43. The molecular weight excluding hydrogens is 564 g/mol. The summed E-state index contributed by atoms with van der Waals surface area (Å²) in [6.07, 6.45) is 0. The number of esters is 1. The van der Waals surface area contributed by atoms with E-state index in [9.17, 15) is 44.2 Å². The number of carbonyl (C=O) groups excluding carboxylic acids is 5. The van der Waals surface area contributed by atoms with Gasteiger partial charge in [-0.25, -0.2) is 14.6 Å². The summed E-state index contributed by atoms with van der Waals surface area (Å²) < 4.78 is 5.32. The molecule has 0 spiro atoms. The highest BCUT2D eigenvalue weighted by Gasteiger charge is 2.77. The molecule has 43 heavy (non-hydrogen) atoms. The fourth-order valence-corrected chi connectivity index (χ4v) is 7.90. The summed E-state index contributed by atoms with van der Waals surface area (Å²) in [6.45, 7) is 4.53. The van der Waals surface area contributed by atoms with E-state index < -0.39 is 85.8 Å². The number of hydrogen-bond donors (Lipinski definition) is 0. The maximum Gasteiger partial charge on any atom is 0.334 e. The molecule has 0 N–H and O–H groups in total. The lowest BCUT2D eigenvalue weighted by Crippen LogP contribution is -2.61. The minimum absolute atomic E-state index is 0.0158. The van der Waals surface area contributed by atoms with E-state index in [1.807, 2.05) is 0 Å². The predicted molar refractivity (Wildman–Crippen MR) is 146 cm³/mol. The van der Waals surface area contributed by atoms with E-state index in [0.29, 0.717) is 5.57 Å². The number of imide groups is 2. The summed E-state index contributed by atoms with van der Waals surface area (Å²) in [5.41, 5.74) is -3.01. The largest absolute Gasteiger partial charge is 0.463 e. The first kappa shape index (κ1) is 27.9. The molecule has 2 aromatic carbocycles. The second-order valence-electron chi connectivity index (χ2n) is 11.1. The van der Waals surface area contributed by atoms with Gasteiger partial charge in [0.1, 0.15) is 11.4 Å². The summed E-state index contributed by atoms with van der Waals surface area (Å²) >= 11 is 0. The molecule has 14 nitrogen and oxygen atoms in total. The Morgan fingerprint density at radius 2 is 1.21 bits per heavy atom. The molecule has 220 valence electrons. The Morgan fingerprint density at radius 3 is 1.60 bits per heavy atom. The molecule has 2 bridgehead atoms. The summed E-state index contributed by atoms with van der Waals surface area (Å²) in [7, 11) is 0. The van der Waals surface area contributed by atoms with Crippen LogP contribution in [0.2, 0.25) is 0 Å². The van der Waals surface area contributed by atoms with Crippen molar-refractivity contribution in [2.24, 2.45) is 35.0 Å². The third kappa shape index (κ3) is 3.43. The van der Waals surface area contributed by atoms with Gasteiger partial charge in [-0.05, 0) is 26.0 Å². The molecule has 3 fully saturated rings. The highest BCUT2D eigenvalue weighted by atomic mass is 16.6. The van der Waals surface area contributed by atoms with Gasteiger partial charge < -0.3 is 4.74 Å². The molecule has 2 heterocycles. The number of nitrogens with zero attached hydrogens (tertiary/aromatic N) is 4. The second-order valence-corrected chi connectivity index (χ2v) is 11.1. The summed E-state index contributed by atoms with van der Waals surface area (Å²) in [6, 6.07) is 10.4. The zero-order chi connectivity index (χ0) is 31.1. The first-order valence-corrected chi connectivity index (χ1v) is 13.5. The monoisotopic (exact) mass is 588 g/mol. The summed E-state index contributed by atoms with van der Waals surface area (Å²) in [5.74, 6) is -10.4. The molecule has 3 aliphatic carbocycles. The number of anilines is 2. The molecule has 2 aromatic rings. The highest BCUT2D eigenvalue weighted by Crippen LogP contribution is 2.69. The second kappa shape index (κ2) is 9.37. The van der Waals surface area contributed by atoms with Gasteiger partial charge in [-0.2, -0.15) is 0 Å². The normalized spacial score (nSPS) is 29.2. The van der Waals surface area contributed by atoms with Crippen LogP contribution in [0.3, 0.4) is 0 Å². The van der Waals surface area contributed by atoms with Gasteiger partial charge in [0.05, 0.1) is 40.1 Å². The molecule has 0 aromatic heterocycles. The van der Waals surface area contributed by atoms with Crippen LogP contribution in [-0.2, 0) is 28.7 Å². The Kier molecular flexibility index (Phi) is 6.08. The zero-order valence-electron chi connectivity index (χ0n) is 23.1. The van der Waals surface area contributed by atoms with Crippen molar-refractivity contribution < 1.29 is 38.6 Å². The summed E-state index contributed by atoms with van der Waals surface area (Å²) in [4.78, 5) is 93.8. The van der Waals surface area contributed by atoms with Gasteiger partial charge in [0.2, 0.25) is 23.6 Å². The van der Waals surface area contributed by atoms with E-state index in [2.05, 4.69) is 0 Å². The van der Waals surface area contributed by atoms with Gasteiger partial charge in [0.15, 0.2) is 0 Å². The van der Waals surface area contributed by atoms with Gasteiger partial charge in [0.25, 0.3) is 11.4 Å². The molecule has 1 saturated carbocycles. The first-order valence-electron chi connectivity index (χ1n) is 13.5. The molecule has 0 unspecified atom stereocenters. The number of ether oxygens (including phenoxy) is 1. The first-order chi connectivity index (χ1) is 20.4. The van der Waals surface area contributed by atoms with E-state index in [0.717, 1.165) is 21.9 Å². The number of carbonyl (C=O) groups is 5. The molecule has 5 aliphatic rings. The number of benzene rings is 2. The van der Waals surface area contributed by atoms with Crippen LogP contribution < -0.4 is 9.80 Å². The van der Waals surface area contributed by atoms with Gasteiger partial charge in [0, 0.05) is 29.0 Å². The van der Waals surface area contributed by atoms with Crippen molar-refractivity contribution in [1.29, 1.82) is 0 Å². The average Bonchev–Trinajstić information content (AvgIpc) is 3.39. The van der Waals surface area contributed by atoms with Gasteiger partial charge in [-0.3, -0.25) is 39.4 Å². The van der Waals surface area contributed by atoms with Crippen LogP contribution in [0.4, 0.5) is 22.7 Å². The van der Waals surface area contributed by atoms with Crippen LogP contribution in [0.25, 0.3) is 0 Å². The Hall–Kier alpha value is -5.27. The van der Waals surface area contributed by atoms with Crippen molar-refractivity contribution in [3.8, 4) is 0 Å². The van der Waals surface area contributed by atoms with Crippen LogP contribution in [0.1, 0.15) is 20.8 Å². The van der Waals surface area contributed by atoms with E-state index in [1.54, 1.807) is 13.8 Å². The van der Waals surface area contributed by atoms with Crippen molar-refractivity contribution in [3.63, 3.8) is 0 Å². The standard InChI is InChI=1S/C29H24N4O10/c1-4-43-28(38)21-13(2)18-19-22(26(36)30(24(19)34)14-9-5-7-11-16(14)32(39)40)29(21,3)23-20(18)25(35)31(27(23)37)15-10-6-8-12-17(15)33(41)42/h5-12,18-20,22-23H,4H2,1-3H3/t18?,19-,20-,22-,23-,29?/m1/s1. The smallest absolute Gasteiger partial charge is 0.334 e. The van der Waals surface area contributed by atoms with Crippen LogP contribution in [-0.4, -0.2) is 46.1 Å². The molecule has 2 saturated heterocycles. The van der Waals surface area contributed by atoms with E-state index in [-0.39, 0.29) is 23.6 Å². The predicted octanol–water partition coefficient (Wildman–Crippen LogP) is 2.94. The minimum atomic E-state index is -1.77. The Bertz CT molecular complexity index is 1630. The molecule has 0 radical (unpaired) electrons. The SMILES string of the molecule is CCOC(=O)C1=C(C)C2[C@H]3C(=O)N(c4ccccc4[N+](=O)[O-])C(=O)[C@@H]3C1(C)[C@H]1C(=O)N(c3ccccc3[N+](=O)[O-])C(=O)[C@H]21. The molecule has 2 aliphatic heterocycles. The lowest BCUT2D eigenvalue weighted by molar-refractivity contribution is -0.384. The van der Waals surface area contributed by atoms with Gasteiger partial charge >= 0.3 is 5.97 Å². The number of para-hydroxylation sites is 4.